The lowest BCUT2D eigenvalue weighted by molar-refractivity contribution is -0.133. The van der Waals surface area contributed by atoms with Gasteiger partial charge in [0, 0.05) is 147 Å². The van der Waals surface area contributed by atoms with Gasteiger partial charge in [0.05, 0.1) is 0 Å². The van der Waals surface area contributed by atoms with E-state index in [9.17, 15) is 28.8 Å². The first-order chi connectivity index (χ1) is 41.3. The molecular weight excluding hydrogens is 1130 g/mol. The van der Waals surface area contributed by atoms with E-state index in [1.807, 2.05) is 0 Å². The Morgan fingerprint density at radius 2 is 0.300 bits per heavy atom. The second-order valence-electron chi connectivity index (χ2n) is 30.9. The van der Waals surface area contributed by atoms with Gasteiger partial charge in [-0.25, -0.2) is 0 Å². The summed E-state index contributed by atoms with van der Waals surface area (Å²) < 4.78 is 38.6. The highest BCUT2D eigenvalue weighted by molar-refractivity contribution is 5.77. The van der Waals surface area contributed by atoms with Gasteiger partial charge in [-0.05, 0) is 65.9 Å². The van der Waals surface area contributed by atoms with Crippen LogP contribution >= 0.6 is 0 Å². The number of carbonyl (C=O) groups is 6. The maximum Gasteiger partial charge on any atom is 0.308 e. The van der Waals surface area contributed by atoms with Crippen molar-refractivity contribution in [1.29, 1.82) is 0 Å². The topological polar surface area (TPSA) is 158 Å². The summed E-state index contributed by atoms with van der Waals surface area (Å²) in [5.74, 6) is -1.46. The maximum atomic E-state index is 13.7. The van der Waals surface area contributed by atoms with Gasteiger partial charge in [0.15, 0.2) is 0 Å². The van der Waals surface area contributed by atoms with Gasteiger partial charge in [-0.15, -0.1) is 0 Å². The van der Waals surface area contributed by atoms with Crippen LogP contribution in [0.3, 0.4) is 0 Å². The normalized spacial score (nSPS) is 13.3. The quantitative estimate of drug-likeness (QED) is 0.115. The van der Waals surface area contributed by atoms with Gasteiger partial charge in [0.25, 0.3) is 0 Å². The number of hydrogen-bond donors (Lipinski definition) is 0. The minimum Gasteiger partial charge on any atom is -0.426 e. The molecule has 0 heterocycles. The number of hydrogen-bond acceptors (Lipinski definition) is 12. The van der Waals surface area contributed by atoms with Crippen LogP contribution in [0.4, 0.5) is 0 Å². The molecule has 6 aromatic carbocycles. The highest BCUT2D eigenvalue weighted by Crippen LogP contribution is 2.47. The highest BCUT2D eigenvalue weighted by Gasteiger charge is 2.33. The summed E-state index contributed by atoms with van der Waals surface area (Å²) in [7, 11) is 0. The zero-order valence-corrected chi connectivity index (χ0v) is 58.1. The van der Waals surface area contributed by atoms with Gasteiger partial charge >= 0.3 is 35.8 Å². The molecule has 0 atom stereocenters. The average Bonchev–Trinajstić information content (AvgIpc) is 0.778. The number of esters is 6. The third kappa shape index (κ3) is 16.9. The van der Waals surface area contributed by atoms with Crippen molar-refractivity contribution in [3.8, 4) is 34.5 Å². The average molecular weight is 1230 g/mol. The molecule has 12 nitrogen and oxygen atoms in total. The van der Waals surface area contributed by atoms with Crippen LogP contribution in [0.1, 0.15) is 266 Å². The van der Waals surface area contributed by atoms with Crippen LogP contribution < -0.4 is 28.4 Å². The van der Waals surface area contributed by atoms with Gasteiger partial charge in [-0.2, -0.15) is 0 Å². The second kappa shape index (κ2) is 25.8. The number of carbonyl (C=O) groups excluding carboxylic acids is 6. The Bertz CT molecular complexity index is 3060. The first kappa shape index (κ1) is 69.6. The predicted octanol–water partition coefficient (Wildman–Crippen LogP) is 16.9. The van der Waals surface area contributed by atoms with Gasteiger partial charge < -0.3 is 28.4 Å². The smallest absolute Gasteiger partial charge is 0.308 e. The Kier molecular flexibility index (Phi) is 19.9. The van der Waals surface area contributed by atoms with Crippen LogP contribution in [0.25, 0.3) is 0 Å². The Morgan fingerprint density at radius 1 is 0.211 bits per heavy atom. The van der Waals surface area contributed by atoms with E-state index in [1.165, 1.54) is 41.5 Å². The predicted molar refractivity (Wildman–Crippen MR) is 356 cm³/mol. The molecule has 0 N–H and O–H groups in total. The van der Waals surface area contributed by atoms with Gasteiger partial charge in [0.2, 0.25) is 0 Å². The fourth-order valence-corrected chi connectivity index (χ4v) is 11.6. The fraction of sp³-hybridized carbons (Fsp3) is 0.462. The van der Waals surface area contributed by atoms with E-state index in [4.69, 9.17) is 28.4 Å². The molecule has 12 heteroatoms. The molecule has 0 radical (unpaired) electrons. The molecular formula is C78H96O12. The lowest BCUT2D eigenvalue weighted by atomic mass is 9.79. The summed E-state index contributed by atoms with van der Waals surface area (Å²) >= 11 is 0. The molecule has 0 aliphatic heterocycles. The van der Waals surface area contributed by atoms with Crippen molar-refractivity contribution in [2.75, 3.05) is 0 Å². The number of rotatable bonds is 6. The van der Waals surface area contributed by atoms with Crippen molar-refractivity contribution in [2.24, 2.45) is 0 Å². The number of fused-ring (bicyclic) bond motifs is 12. The molecule has 0 aromatic heterocycles. The summed E-state index contributed by atoms with van der Waals surface area (Å²) in [6, 6.07) is 24.6. The standard InChI is InChI=1S/C78H96O12/c1-43(79)85-67-49-25-51-33-62(74(10,11)12)35-53(68(51)86-44(2)80)27-55-37-64(76(16,17)18)39-57(70(55)88-46(4)82)29-59-41-66(78(22,23)24)42-60(72(59)90-48(6)84)30-58-40-65(77(19,20)21)38-56(71(58)89-47(5)83)28-54-36-63(75(13,14)15)34-52(69(54)87-45(3)81)26-50(67)32-61(31-49)73(7,8)9/h31-42H,25-30H2,1-24H3. The Hall–Kier alpha value is -7.86. The molecule has 0 saturated carbocycles. The van der Waals surface area contributed by atoms with Crippen molar-refractivity contribution in [1.82, 2.24) is 0 Å². The second-order valence-corrected chi connectivity index (χ2v) is 30.9. The molecule has 7 rings (SSSR count). The van der Waals surface area contributed by atoms with E-state index in [-0.39, 0.29) is 38.5 Å². The van der Waals surface area contributed by atoms with Crippen molar-refractivity contribution in [3.63, 3.8) is 0 Å². The minimum atomic E-state index is -0.552. The molecule has 1 aliphatic rings. The monoisotopic (exact) mass is 1220 g/mol. The molecule has 6 aromatic rings. The first-order valence-electron chi connectivity index (χ1n) is 31.3. The van der Waals surface area contributed by atoms with E-state index in [2.05, 4.69) is 197 Å². The highest BCUT2D eigenvalue weighted by atomic mass is 16.6. The lowest BCUT2D eigenvalue weighted by Crippen LogP contribution is -2.19. The Labute approximate surface area is 535 Å². The van der Waals surface area contributed by atoms with E-state index >= 15 is 0 Å². The van der Waals surface area contributed by atoms with Crippen molar-refractivity contribution >= 4 is 35.8 Å². The van der Waals surface area contributed by atoms with Crippen LogP contribution in [0, 0.1) is 0 Å². The molecule has 0 unspecified atom stereocenters. The molecule has 0 saturated heterocycles. The maximum absolute atomic E-state index is 13.7. The van der Waals surface area contributed by atoms with Crippen molar-refractivity contribution in [2.45, 2.75) is 237 Å². The summed E-state index contributed by atoms with van der Waals surface area (Å²) in [5, 5.41) is 0. The Morgan fingerprint density at radius 3 is 0.367 bits per heavy atom. The first-order valence-corrected chi connectivity index (χ1v) is 31.3. The molecule has 0 fully saturated rings. The zero-order valence-electron chi connectivity index (χ0n) is 58.1. The van der Waals surface area contributed by atoms with Crippen LogP contribution in [-0.2, 0) is 99.8 Å². The fourth-order valence-electron chi connectivity index (χ4n) is 11.6. The van der Waals surface area contributed by atoms with Gasteiger partial charge in [-0.3, -0.25) is 28.8 Å². The van der Waals surface area contributed by atoms with E-state index < -0.39 is 68.3 Å². The zero-order chi connectivity index (χ0) is 67.3. The molecule has 12 bridgehead atoms. The molecule has 90 heavy (non-hydrogen) atoms. The minimum absolute atomic E-state index is 0.129. The largest absolute Gasteiger partial charge is 0.426 e. The van der Waals surface area contributed by atoms with Gasteiger partial charge in [0.1, 0.15) is 34.5 Å². The van der Waals surface area contributed by atoms with Crippen LogP contribution in [0.5, 0.6) is 34.5 Å². The summed E-state index contributed by atoms with van der Waals surface area (Å²) in [4.78, 5) is 82.1. The molecule has 1 aliphatic carbocycles. The van der Waals surface area contributed by atoms with Crippen LogP contribution in [0.15, 0.2) is 72.8 Å². The molecule has 0 spiro atoms. The summed E-state index contributed by atoms with van der Waals surface area (Å²) in [6.45, 7) is 46.3. The van der Waals surface area contributed by atoms with Gasteiger partial charge in [-0.1, -0.05) is 197 Å². The van der Waals surface area contributed by atoms with Crippen LogP contribution in [0.2, 0.25) is 0 Å². The summed E-state index contributed by atoms with van der Waals surface area (Å²) in [6.07, 6.45) is 0.774. The summed E-state index contributed by atoms with van der Waals surface area (Å²) in [5.41, 5.74) is 10.6. The Balaban J connectivity index is 1.77. The lowest BCUT2D eigenvalue weighted by Gasteiger charge is -2.28. The number of benzene rings is 6. The third-order valence-corrected chi connectivity index (χ3v) is 16.4. The van der Waals surface area contributed by atoms with E-state index in [0.29, 0.717) is 101 Å². The van der Waals surface area contributed by atoms with Crippen molar-refractivity contribution in [3.05, 3.63) is 173 Å². The van der Waals surface area contributed by atoms with Crippen molar-refractivity contribution < 1.29 is 57.2 Å². The van der Waals surface area contributed by atoms with E-state index in [0.717, 1.165) is 33.4 Å². The third-order valence-electron chi connectivity index (χ3n) is 16.4. The SMILES string of the molecule is CC(=O)Oc1c2cc(C(C)(C)C)cc1Cc1cc(C(C)(C)C)cc(c1OC(C)=O)Cc1cc(C(C)(C)C)cc(c1OC(C)=O)Cc1cc(C(C)(C)C)cc(c1OC(C)=O)Cc1cc(C(C)(C)C)cc(c1OC(C)=O)Cc1cc(C(C)(C)C)cc(c1OC(C)=O)C2. The molecule has 480 valence electrons. The van der Waals surface area contributed by atoms with Crippen LogP contribution in [-0.4, -0.2) is 35.8 Å². The molecule has 0 amide bonds. The number of ether oxygens (including phenoxy) is 6. The van der Waals surface area contributed by atoms with E-state index in [1.54, 1.807) is 0 Å².